The minimum absolute atomic E-state index is 0.187. The molecule has 24 heavy (non-hydrogen) atoms. The predicted molar refractivity (Wildman–Crippen MR) is 93.3 cm³/mol. The highest BCUT2D eigenvalue weighted by Gasteiger charge is 2.20. The summed E-state index contributed by atoms with van der Waals surface area (Å²) in [7, 11) is 6.34. The average Bonchev–Trinajstić information content (AvgIpc) is 2.60. The van der Waals surface area contributed by atoms with Gasteiger partial charge < -0.3 is 19.1 Å². The smallest absolute Gasteiger partial charge is 0.257 e. The number of hydrogen-bond donors (Lipinski definition) is 0. The molecule has 0 aromatic heterocycles. The van der Waals surface area contributed by atoms with Gasteiger partial charge in [-0.3, -0.25) is 4.79 Å². The number of benzene rings is 2. The summed E-state index contributed by atoms with van der Waals surface area (Å²) in [5.74, 6) is 1.41. The number of methoxy groups -OCH3 is 3. The van der Waals surface area contributed by atoms with Gasteiger partial charge >= 0.3 is 0 Å². The molecule has 0 aliphatic rings. The summed E-state index contributed by atoms with van der Waals surface area (Å²) in [6, 6.07) is 10.5. The van der Waals surface area contributed by atoms with E-state index in [4.69, 9.17) is 25.8 Å². The van der Waals surface area contributed by atoms with Gasteiger partial charge in [0.2, 0.25) is 0 Å². The van der Waals surface area contributed by atoms with Gasteiger partial charge in [0, 0.05) is 24.2 Å². The molecular weight excluding hydrogens is 330 g/mol. The third kappa shape index (κ3) is 3.74. The molecule has 2 aromatic rings. The number of para-hydroxylation sites is 1. The molecule has 0 saturated carbocycles. The lowest BCUT2D eigenvalue weighted by atomic mass is 10.1. The van der Waals surface area contributed by atoms with Crippen molar-refractivity contribution in [2.24, 2.45) is 0 Å². The molecular formula is C18H20ClNO4. The predicted octanol–water partition coefficient (Wildman–Crippen LogP) is 3.64. The highest BCUT2D eigenvalue weighted by Crippen LogP contribution is 2.32. The van der Waals surface area contributed by atoms with E-state index in [0.29, 0.717) is 34.4 Å². The van der Waals surface area contributed by atoms with Gasteiger partial charge in [-0.15, -0.1) is 0 Å². The molecule has 0 fully saturated rings. The molecule has 0 aliphatic carbocycles. The van der Waals surface area contributed by atoms with E-state index < -0.39 is 0 Å². The monoisotopic (exact) mass is 349 g/mol. The Morgan fingerprint density at radius 2 is 1.75 bits per heavy atom. The van der Waals surface area contributed by atoms with E-state index in [2.05, 4.69) is 0 Å². The van der Waals surface area contributed by atoms with Gasteiger partial charge in [0.25, 0.3) is 5.91 Å². The van der Waals surface area contributed by atoms with Crippen LogP contribution in [0.25, 0.3) is 0 Å². The maximum absolute atomic E-state index is 12.8. The normalized spacial score (nSPS) is 10.2. The topological polar surface area (TPSA) is 48.0 Å². The fraction of sp³-hybridized carbons (Fsp3) is 0.278. The van der Waals surface area contributed by atoms with Crippen LogP contribution in [0.15, 0.2) is 36.4 Å². The second-order valence-electron chi connectivity index (χ2n) is 5.16. The Balaban J connectivity index is 2.29. The maximum atomic E-state index is 12.8. The standard InChI is InChI=1S/C18H20ClNO4/c1-20(11-12-10-13(19)8-9-15(12)22-2)18(21)14-6-5-7-16(23-3)17(14)24-4/h5-10H,11H2,1-4H3. The van der Waals surface area contributed by atoms with Crippen LogP contribution in [0.4, 0.5) is 0 Å². The molecule has 2 rings (SSSR count). The van der Waals surface area contributed by atoms with Crippen LogP contribution in [-0.4, -0.2) is 39.2 Å². The average molecular weight is 350 g/mol. The molecule has 0 N–H and O–H groups in total. The Hall–Kier alpha value is -2.40. The van der Waals surface area contributed by atoms with Crippen molar-refractivity contribution in [2.75, 3.05) is 28.4 Å². The summed E-state index contributed by atoms with van der Waals surface area (Å²) in [4.78, 5) is 14.4. The third-order valence-electron chi connectivity index (χ3n) is 3.63. The summed E-state index contributed by atoms with van der Waals surface area (Å²) in [6.45, 7) is 0.350. The number of hydrogen-bond acceptors (Lipinski definition) is 4. The zero-order valence-corrected chi connectivity index (χ0v) is 14.9. The summed E-state index contributed by atoms with van der Waals surface area (Å²) < 4.78 is 15.9. The van der Waals surface area contributed by atoms with E-state index in [1.165, 1.54) is 14.2 Å². The van der Waals surface area contributed by atoms with E-state index >= 15 is 0 Å². The molecule has 0 spiro atoms. The number of rotatable bonds is 6. The van der Waals surface area contributed by atoms with Crippen LogP contribution in [0.5, 0.6) is 17.2 Å². The molecule has 2 aromatic carbocycles. The van der Waals surface area contributed by atoms with Crippen LogP contribution in [0.1, 0.15) is 15.9 Å². The minimum Gasteiger partial charge on any atom is -0.496 e. The SMILES string of the molecule is COc1ccc(Cl)cc1CN(C)C(=O)c1cccc(OC)c1OC. The van der Waals surface area contributed by atoms with Crippen LogP contribution >= 0.6 is 11.6 Å². The Kier molecular flexibility index (Phi) is 5.93. The minimum atomic E-state index is -0.187. The molecule has 0 unspecified atom stereocenters. The fourth-order valence-corrected chi connectivity index (χ4v) is 2.65. The lowest BCUT2D eigenvalue weighted by Gasteiger charge is -2.21. The van der Waals surface area contributed by atoms with Crippen LogP contribution in [-0.2, 0) is 6.54 Å². The molecule has 1 amide bonds. The first kappa shape index (κ1) is 17.9. The number of halogens is 1. The first-order valence-electron chi connectivity index (χ1n) is 7.30. The third-order valence-corrected chi connectivity index (χ3v) is 3.87. The number of carbonyl (C=O) groups is 1. The van der Waals surface area contributed by atoms with E-state index in [9.17, 15) is 4.79 Å². The number of ether oxygens (including phenoxy) is 3. The molecule has 5 nitrogen and oxygen atoms in total. The van der Waals surface area contributed by atoms with Crippen molar-refractivity contribution >= 4 is 17.5 Å². The van der Waals surface area contributed by atoms with E-state index in [0.717, 1.165) is 5.56 Å². The molecule has 6 heteroatoms. The van der Waals surface area contributed by atoms with Crippen molar-refractivity contribution in [2.45, 2.75) is 6.54 Å². The summed E-state index contributed by atoms with van der Waals surface area (Å²) >= 11 is 6.05. The number of nitrogens with zero attached hydrogens (tertiary/aromatic N) is 1. The Morgan fingerprint density at radius 3 is 2.38 bits per heavy atom. The van der Waals surface area contributed by atoms with Crippen molar-refractivity contribution in [1.29, 1.82) is 0 Å². The number of carbonyl (C=O) groups excluding carboxylic acids is 1. The second kappa shape index (κ2) is 7.93. The quantitative estimate of drug-likeness (QED) is 0.799. The van der Waals surface area contributed by atoms with Gasteiger partial charge in [0.15, 0.2) is 11.5 Å². The number of amides is 1. The van der Waals surface area contributed by atoms with Crippen LogP contribution in [0.3, 0.4) is 0 Å². The molecule has 0 aliphatic heterocycles. The lowest BCUT2D eigenvalue weighted by molar-refractivity contribution is 0.0780. The zero-order chi connectivity index (χ0) is 17.7. The molecule has 0 radical (unpaired) electrons. The van der Waals surface area contributed by atoms with Crippen molar-refractivity contribution < 1.29 is 19.0 Å². The van der Waals surface area contributed by atoms with Crippen molar-refractivity contribution in [3.8, 4) is 17.2 Å². The van der Waals surface area contributed by atoms with Gasteiger partial charge in [-0.25, -0.2) is 0 Å². The fourth-order valence-electron chi connectivity index (χ4n) is 2.46. The van der Waals surface area contributed by atoms with Crippen LogP contribution in [0, 0.1) is 0 Å². The molecule has 0 bridgehead atoms. The van der Waals surface area contributed by atoms with Crippen molar-refractivity contribution in [1.82, 2.24) is 4.90 Å². The molecule has 0 heterocycles. The van der Waals surface area contributed by atoms with E-state index in [1.807, 2.05) is 0 Å². The second-order valence-corrected chi connectivity index (χ2v) is 5.59. The first-order chi connectivity index (χ1) is 11.5. The highest BCUT2D eigenvalue weighted by atomic mass is 35.5. The molecule has 0 atom stereocenters. The maximum Gasteiger partial charge on any atom is 0.257 e. The van der Waals surface area contributed by atoms with Gasteiger partial charge in [-0.05, 0) is 30.3 Å². The van der Waals surface area contributed by atoms with Crippen LogP contribution in [0.2, 0.25) is 5.02 Å². The molecule has 0 saturated heterocycles. The largest absolute Gasteiger partial charge is 0.496 e. The van der Waals surface area contributed by atoms with Gasteiger partial charge in [-0.1, -0.05) is 17.7 Å². The van der Waals surface area contributed by atoms with Crippen LogP contribution < -0.4 is 14.2 Å². The van der Waals surface area contributed by atoms with Gasteiger partial charge in [-0.2, -0.15) is 0 Å². The summed E-state index contributed by atoms with van der Waals surface area (Å²) in [5.41, 5.74) is 1.25. The lowest BCUT2D eigenvalue weighted by Crippen LogP contribution is -2.27. The Bertz CT molecular complexity index is 733. The van der Waals surface area contributed by atoms with Gasteiger partial charge in [0.05, 0.1) is 26.9 Å². The Labute approximate surface area is 146 Å². The Morgan fingerprint density at radius 1 is 1.04 bits per heavy atom. The van der Waals surface area contributed by atoms with E-state index in [1.54, 1.807) is 55.5 Å². The molecule has 128 valence electrons. The van der Waals surface area contributed by atoms with Gasteiger partial charge in [0.1, 0.15) is 5.75 Å². The highest BCUT2D eigenvalue weighted by molar-refractivity contribution is 6.30. The van der Waals surface area contributed by atoms with Crippen molar-refractivity contribution in [3.05, 3.63) is 52.5 Å². The summed E-state index contributed by atoms with van der Waals surface area (Å²) in [6.07, 6.45) is 0. The van der Waals surface area contributed by atoms with E-state index in [-0.39, 0.29) is 5.91 Å². The first-order valence-corrected chi connectivity index (χ1v) is 7.68. The summed E-state index contributed by atoms with van der Waals surface area (Å²) in [5, 5.41) is 0.589. The van der Waals surface area contributed by atoms with Crippen molar-refractivity contribution in [3.63, 3.8) is 0 Å². The zero-order valence-electron chi connectivity index (χ0n) is 14.1.